The van der Waals surface area contributed by atoms with Crippen molar-refractivity contribution in [1.29, 1.82) is 0 Å². The zero-order valence-corrected chi connectivity index (χ0v) is 12.8. The molecule has 0 saturated heterocycles. The van der Waals surface area contributed by atoms with Crippen molar-refractivity contribution in [1.82, 2.24) is 0 Å². The van der Waals surface area contributed by atoms with Crippen LogP contribution in [0, 0.1) is 5.92 Å². The van der Waals surface area contributed by atoms with Gasteiger partial charge in [0.15, 0.2) is 14.6 Å². The first-order valence-electron chi connectivity index (χ1n) is 6.42. The predicted octanol–water partition coefficient (Wildman–Crippen LogP) is 0.862. The Morgan fingerprint density at radius 1 is 1.30 bits per heavy atom. The molecule has 0 aromatic heterocycles. The molecule has 0 spiro atoms. The highest BCUT2D eigenvalue weighted by atomic mass is 32.2. The van der Waals surface area contributed by atoms with E-state index in [1.54, 1.807) is 13.8 Å². The molecule has 7 heteroatoms. The van der Waals surface area contributed by atoms with E-state index in [9.17, 15) is 18.0 Å². The third-order valence-corrected chi connectivity index (χ3v) is 5.34. The Labute approximate surface area is 119 Å². The van der Waals surface area contributed by atoms with Gasteiger partial charge in [0.2, 0.25) is 0 Å². The monoisotopic (exact) mass is 304 g/mol. The van der Waals surface area contributed by atoms with E-state index in [2.05, 4.69) is 6.58 Å². The highest BCUT2D eigenvalue weighted by molar-refractivity contribution is 7.93. The maximum atomic E-state index is 12.1. The summed E-state index contributed by atoms with van der Waals surface area (Å²) in [5.74, 6) is -2.05. The van der Waals surface area contributed by atoms with Gasteiger partial charge in [-0.15, -0.1) is 0 Å². The summed E-state index contributed by atoms with van der Waals surface area (Å²) in [4.78, 5) is 23.9. The van der Waals surface area contributed by atoms with Gasteiger partial charge in [-0.05, 0) is 32.3 Å². The predicted molar refractivity (Wildman–Crippen MR) is 72.7 cm³/mol. The molecule has 0 radical (unpaired) electrons. The molecule has 0 unspecified atom stereocenters. The lowest BCUT2D eigenvalue weighted by Crippen LogP contribution is -2.46. The number of carbonyl (C=O) groups excluding carboxylic acids is 2. The number of hydrogen-bond acceptors (Lipinski definition) is 6. The molecule has 0 bridgehead atoms. The number of sulfone groups is 1. The molecule has 0 heterocycles. The lowest BCUT2D eigenvalue weighted by molar-refractivity contribution is -0.148. The second-order valence-corrected chi connectivity index (χ2v) is 7.02. The third-order valence-electron chi connectivity index (χ3n) is 3.46. The largest absolute Gasteiger partial charge is 0.466 e. The summed E-state index contributed by atoms with van der Waals surface area (Å²) in [5, 5.41) is 0. The highest BCUT2D eigenvalue weighted by Crippen LogP contribution is 2.45. The molecule has 0 aliphatic heterocycles. The van der Waals surface area contributed by atoms with Gasteiger partial charge in [0.25, 0.3) is 0 Å². The van der Waals surface area contributed by atoms with E-state index in [0.717, 1.165) is 6.26 Å². The first-order valence-corrected chi connectivity index (χ1v) is 8.31. The molecule has 0 aromatic rings. The molecule has 1 fully saturated rings. The molecule has 1 aliphatic carbocycles. The smallest absolute Gasteiger partial charge is 0.331 e. The Kier molecular flexibility index (Phi) is 4.96. The van der Waals surface area contributed by atoms with E-state index in [4.69, 9.17) is 9.47 Å². The van der Waals surface area contributed by atoms with E-state index < -0.39 is 32.4 Å². The molecule has 20 heavy (non-hydrogen) atoms. The van der Waals surface area contributed by atoms with Crippen molar-refractivity contribution >= 4 is 21.8 Å². The topological polar surface area (TPSA) is 86.7 Å². The van der Waals surface area contributed by atoms with Crippen LogP contribution in [0.15, 0.2) is 12.2 Å². The number of carbonyl (C=O) groups is 2. The summed E-state index contributed by atoms with van der Waals surface area (Å²) in [6.07, 6.45) is 0.912. The summed E-state index contributed by atoms with van der Waals surface area (Å²) >= 11 is 0. The van der Waals surface area contributed by atoms with Gasteiger partial charge >= 0.3 is 11.9 Å². The summed E-state index contributed by atoms with van der Waals surface area (Å²) in [5.41, 5.74) is 0.191. The Morgan fingerprint density at radius 3 is 2.30 bits per heavy atom. The average Bonchev–Trinajstić information content (AvgIpc) is 2.68. The maximum Gasteiger partial charge on any atom is 0.331 e. The number of rotatable bonds is 5. The van der Waals surface area contributed by atoms with Gasteiger partial charge in [0, 0.05) is 6.26 Å². The van der Waals surface area contributed by atoms with Crippen LogP contribution in [-0.4, -0.2) is 44.6 Å². The first kappa shape index (κ1) is 16.7. The SMILES string of the molecule is C=C1C[C@H](C(=O)OCC)C[C@@]1(C(=O)OCC)S(C)(=O)=O. The van der Waals surface area contributed by atoms with E-state index >= 15 is 0 Å². The number of hydrogen-bond donors (Lipinski definition) is 0. The van der Waals surface area contributed by atoms with Crippen LogP contribution < -0.4 is 0 Å². The van der Waals surface area contributed by atoms with E-state index in [1.807, 2.05) is 0 Å². The molecule has 0 aromatic carbocycles. The minimum absolute atomic E-state index is 0.0630. The molecular formula is C13H20O6S. The molecule has 1 saturated carbocycles. The number of esters is 2. The number of ether oxygens (including phenoxy) is 2. The maximum absolute atomic E-state index is 12.1. The van der Waals surface area contributed by atoms with Crippen LogP contribution in [0.3, 0.4) is 0 Å². The fourth-order valence-electron chi connectivity index (χ4n) is 2.49. The van der Waals surface area contributed by atoms with Gasteiger partial charge in [-0.25, -0.2) is 13.2 Å². The molecule has 0 amide bonds. The Bertz CT molecular complexity index is 521. The lowest BCUT2D eigenvalue weighted by atomic mass is 10.0. The van der Waals surface area contributed by atoms with Crippen molar-refractivity contribution < 1.29 is 27.5 Å². The van der Waals surface area contributed by atoms with Crippen LogP contribution >= 0.6 is 0 Å². The van der Waals surface area contributed by atoms with Crippen molar-refractivity contribution in [2.75, 3.05) is 19.5 Å². The van der Waals surface area contributed by atoms with Gasteiger partial charge < -0.3 is 9.47 Å². The highest BCUT2D eigenvalue weighted by Gasteiger charge is 2.58. The fraction of sp³-hybridized carbons (Fsp3) is 0.692. The van der Waals surface area contributed by atoms with Gasteiger partial charge in [-0.2, -0.15) is 0 Å². The summed E-state index contributed by atoms with van der Waals surface area (Å²) in [6.45, 7) is 7.20. The molecular weight excluding hydrogens is 284 g/mol. The molecule has 1 aliphatic rings. The van der Waals surface area contributed by atoms with Crippen molar-refractivity contribution in [3.05, 3.63) is 12.2 Å². The lowest BCUT2D eigenvalue weighted by Gasteiger charge is -2.26. The second-order valence-electron chi connectivity index (χ2n) is 4.78. The van der Waals surface area contributed by atoms with E-state index in [-0.39, 0.29) is 31.6 Å². The van der Waals surface area contributed by atoms with Crippen molar-refractivity contribution in [2.45, 2.75) is 31.4 Å². The molecule has 1 rings (SSSR count). The molecule has 2 atom stereocenters. The van der Waals surface area contributed by atoms with Crippen LogP contribution in [0.25, 0.3) is 0 Å². The summed E-state index contributed by atoms with van der Waals surface area (Å²) in [7, 11) is -3.80. The average molecular weight is 304 g/mol. The van der Waals surface area contributed by atoms with Crippen molar-refractivity contribution in [2.24, 2.45) is 5.92 Å². The van der Waals surface area contributed by atoms with Crippen LogP contribution in [-0.2, 0) is 28.9 Å². The Hall–Kier alpha value is -1.37. The zero-order valence-electron chi connectivity index (χ0n) is 12.0. The van der Waals surface area contributed by atoms with Crippen molar-refractivity contribution in [3.8, 4) is 0 Å². The van der Waals surface area contributed by atoms with Gasteiger partial charge in [-0.3, -0.25) is 4.79 Å². The Balaban J connectivity index is 3.18. The first-order chi connectivity index (χ1) is 9.20. The summed E-state index contributed by atoms with van der Waals surface area (Å²) < 4.78 is 32.1. The zero-order chi connectivity index (χ0) is 15.6. The quantitative estimate of drug-likeness (QED) is 0.553. The second kappa shape index (κ2) is 5.95. The standard InChI is InChI=1S/C13H20O6S/c1-5-18-11(14)10-7-9(3)13(8-10,20(4,16)17)12(15)19-6-2/h10H,3,5-8H2,1-2,4H3/t10-,13+/m0/s1. The minimum Gasteiger partial charge on any atom is -0.466 e. The van der Waals surface area contributed by atoms with Crippen LogP contribution in [0.1, 0.15) is 26.7 Å². The normalized spacial score (nSPS) is 26.4. The van der Waals surface area contributed by atoms with Crippen LogP contribution in [0.4, 0.5) is 0 Å². The molecule has 6 nitrogen and oxygen atoms in total. The van der Waals surface area contributed by atoms with Gasteiger partial charge in [0.1, 0.15) is 0 Å². The van der Waals surface area contributed by atoms with Crippen LogP contribution in [0.2, 0.25) is 0 Å². The third kappa shape index (κ3) is 2.72. The van der Waals surface area contributed by atoms with E-state index in [0.29, 0.717) is 0 Å². The Morgan fingerprint density at radius 2 is 1.85 bits per heavy atom. The van der Waals surface area contributed by atoms with Crippen LogP contribution in [0.5, 0.6) is 0 Å². The molecule has 0 N–H and O–H groups in total. The van der Waals surface area contributed by atoms with Gasteiger partial charge in [0.05, 0.1) is 19.1 Å². The summed E-state index contributed by atoms with van der Waals surface area (Å²) in [6, 6.07) is 0. The van der Waals surface area contributed by atoms with Crippen molar-refractivity contribution in [3.63, 3.8) is 0 Å². The van der Waals surface area contributed by atoms with E-state index in [1.165, 1.54) is 0 Å². The minimum atomic E-state index is -3.80. The fourth-order valence-corrected chi connectivity index (χ4v) is 3.97. The van der Waals surface area contributed by atoms with Gasteiger partial charge in [-0.1, -0.05) is 6.58 Å². The molecule has 114 valence electrons.